The fraction of sp³-hybridized carbons (Fsp3) is 0.588. The molecule has 1 aromatic carbocycles. The fourth-order valence-electron chi connectivity index (χ4n) is 4.03. The molecule has 3 heteroatoms. The molecule has 2 aliphatic rings. The topological polar surface area (TPSA) is 47.3 Å². The zero-order valence-corrected chi connectivity index (χ0v) is 12.3. The molecule has 2 heterocycles. The van der Waals surface area contributed by atoms with E-state index in [1.165, 1.54) is 6.42 Å². The zero-order valence-electron chi connectivity index (χ0n) is 12.3. The smallest absolute Gasteiger partial charge is 0.0995 e. The second-order valence-corrected chi connectivity index (χ2v) is 6.50. The highest BCUT2D eigenvalue weighted by atomic mass is 16.3. The minimum Gasteiger partial charge on any atom is -0.385 e. The van der Waals surface area contributed by atoms with Crippen LogP contribution in [-0.2, 0) is 5.60 Å². The number of rotatable bonds is 1. The second-order valence-electron chi connectivity index (χ2n) is 6.50. The molecule has 20 heavy (non-hydrogen) atoms. The second kappa shape index (κ2) is 4.87. The molecule has 0 amide bonds. The average Bonchev–Trinajstić information content (AvgIpc) is 2.40. The van der Waals surface area contributed by atoms with E-state index in [4.69, 9.17) is 0 Å². The SMILES string of the molecule is Cc1ccc(C2(O)CC3CCCC(C2)N3C)c(C#N)c1. The Morgan fingerprint density at radius 2 is 1.95 bits per heavy atom. The van der Waals surface area contributed by atoms with Crippen molar-refractivity contribution in [1.82, 2.24) is 4.90 Å². The largest absolute Gasteiger partial charge is 0.385 e. The molecule has 3 rings (SSSR count). The molecule has 2 atom stereocenters. The first-order valence-corrected chi connectivity index (χ1v) is 7.49. The zero-order chi connectivity index (χ0) is 14.3. The van der Waals surface area contributed by atoms with Crippen molar-refractivity contribution >= 4 is 0 Å². The van der Waals surface area contributed by atoms with Crippen LogP contribution in [0.2, 0.25) is 0 Å². The van der Waals surface area contributed by atoms with Crippen LogP contribution in [0.25, 0.3) is 0 Å². The summed E-state index contributed by atoms with van der Waals surface area (Å²) in [6.07, 6.45) is 5.07. The lowest BCUT2D eigenvalue weighted by Gasteiger charge is -2.51. The van der Waals surface area contributed by atoms with Gasteiger partial charge in [0.2, 0.25) is 0 Å². The van der Waals surface area contributed by atoms with Crippen molar-refractivity contribution < 1.29 is 5.11 Å². The number of benzene rings is 1. The predicted octanol–water partition coefficient (Wildman–Crippen LogP) is 2.70. The number of aliphatic hydroxyl groups is 1. The number of aryl methyl sites for hydroxylation is 1. The minimum absolute atomic E-state index is 0.445. The summed E-state index contributed by atoms with van der Waals surface area (Å²) in [6.45, 7) is 1.98. The third kappa shape index (κ3) is 2.13. The van der Waals surface area contributed by atoms with Gasteiger partial charge in [-0.1, -0.05) is 18.6 Å². The van der Waals surface area contributed by atoms with E-state index in [1.807, 2.05) is 25.1 Å². The molecule has 2 bridgehead atoms. The van der Waals surface area contributed by atoms with Gasteiger partial charge in [0.1, 0.15) is 0 Å². The first-order chi connectivity index (χ1) is 9.53. The Labute approximate surface area is 120 Å². The van der Waals surface area contributed by atoms with Crippen molar-refractivity contribution in [2.75, 3.05) is 7.05 Å². The molecular weight excluding hydrogens is 248 g/mol. The van der Waals surface area contributed by atoms with Gasteiger partial charge >= 0.3 is 0 Å². The van der Waals surface area contributed by atoms with Gasteiger partial charge in [-0.05, 0) is 51.3 Å². The quantitative estimate of drug-likeness (QED) is 0.853. The van der Waals surface area contributed by atoms with Crippen molar-refractivity contribution in [3.8, 4) is 6.07 Å². The fourth-order valence-corrected chi connectivity index (χ4v) is 4.03. The van der Waals surface area contributed by atoms with E-state index in [0.29, 0.717) is 17.6 Å². The predicted molar refractivity (Wildman–Crippen MR) is 78.2 cm³/mol. The number of hydrogen-bond donors (Lipinski definition) is 1. The summed E-state index contributed by atoms with van der Waals surface area (Å²) >= 11 is 0. The molecular formula is C17H22N2O. The van der Waals surface area contributed by atoms with Gasteiger partial charge in [0.05, 0.1) is 17.2 Å². The minimum atomic E-state index is -0.832. The first-order valence-electron chi connectivity index (χ1n) is 7.49. The highest BCUT2D eigenvalue weighted by molar-refractivity contribution is 5.44. The lowest BCUT2D eigenvalue weighted by molar-refractivity contribution is -0.0876. The van der Waals surface area contributed by atoms with Crippen LogP contribution in [0.3, 0.4) is 0 Å². The van der Waals surface area contributed by atoms with Gasteiger partial charge < -0.3 is 10.0 Å². The number of nitriles is 1. The number of nitrogens with zero attached hydrogens (tertiary/aromatic N) is 2. The highest BCUT2D eigenvalue weighted by Crippen LogP contribution is 2.44. The van der Waals surface area contributed by atoms with Crippen molar-refractivity contribution in [2.45, 2.75) is 56.7 Å². The Kier molecular flexibility index (Phi) is 3.32. The van der Waals surface area contributed by atoms with Gasteiger partial charge in [0.25, 0.3) is 0 Å². The molecule has 0 aromatic heterocycles. The molecule has 2 unspecified atom stereocenters. The van der Waals surface area contributed by atoms with Gasteiger partial charge in [0.15, 0.2) is 0 Å². The van der Waals surface area contributed by atoms with Crippen molar-refractivity contribution in [2.24, 2.45) is 0 Å². The number of piperidine rings is 2. The molecule has 0 spiro atoms. The Hall–Kier alpha value is -1.37. The summed E-state index contributed by atoms with van der Waals surface area (Å²) in [6, 6.07) is 9.00. The van der Waals surface area contributed by atoms with E-state index in [9.17, 15) is 10.4 Å². The molecule has 3 nitrogen and oxygen atoms in total. The Balaban J connectivity index is 1.99. The van der Waals surface area contributed by atoms with Crippen LogP contribution in [0, 0.1) is 18.3 Å². The van der Waals surface area contributed by atoms with E-state index in [2.05, 4.69) is 18.0 Å². The van der Waals surface area contributed by atoms with Gasteiger partial charge in [-0.3, -0.25) is 0 Å². The van der Waals surface area contributed by atoms with Gasteiger partial charge in [-0.25, -0.2) is 0 Å². The summed E-state index contributed by atoms with van der Waals surface area (Å²) in [7, 11) is 2.18. The van der Waals surface area contributed by atoms with Crippen LogP contribution < -0.4 is 0 Å². The van der Waals surface area contributed by atoms with Crippen LogP contribution in [0.5, 0.6) is 0 Å². The van der Waals surface area contributed by atoms with E-state index in [0.717, 1.165) is 36.8 Å². The maximum absolute atomic E-state index is 11.2. The molecule has 1 N–H and O–H groups in total. The standard InChI is InChI=1S/C17H22N2O/c1-12-6-7-16(13(8-12)11-18)17(20)9-14-4-3-5-15(10-17)19(14)2/h6-8,14-15,20H,3-5,9-10H2,1-2H3. The van der Waals surface area contributed by atoms with Crippen molar-refractivity contribution in [3.05, 3.63) is 34.9 Å². The van der Waals surface area contributed by atoms with E-state index in [-0.39, 0.29) is 0 Å². The highest BCUT2D eigenvalue weighted by Gasteiger charge is 2.45. The molecule has 2 aliphatic heterocycles. The first kappa shape index (κ1) is 13.6. The third-order valence-corrected chi connectivity index (χ3v) is 5.17. The molecule has 1 aromatic rings. The maximum atomic E-state index is 11.2. The molecule has 2 saturated heterocycles. The van der Waals surface area contributed by atoms with Gasteiger partial charge in [-0.15, -0.1) is 0 Å². The summed E-state index contributed by atoms with van der Waals surface area (Å²) in [4.78, 5) is 2.43. The van der Waals surface area contributed by atoms with Crippen LogP contribution in [0.15, 0.2) is 18.2 Å². The Morgan fingerprint density at radius 1 is 1.30 bits per heavy atom. The van der Waals surface area contributed by atoms with E-state index < -0.39 is 5.60 Å². The number of hydrogen-bond acceptors (Lipinski definition) is 3. The molecule has 0 saturated carbocycles. The third-order valence-electron chi connectivity index (χ3n) is 5.17. The van der Waals surface area contributed by atoms with Crippen LogP contribution in [0.4, 0.5) is 0 Å². The van der Waals surface area contributed by atoms with E-state index in [1.54, 1.807) is 0 Å². The van der Waals surface area contributed by atoms with Crippen molar-refractivity contribution in [3.63, 3.8) is 0 Å². The average molecular weight is 270 g/mol. The lowest BCUT2D eigenvalue weighted by atomic mass is 9.72. The summed E-state index contributed by atoms with van der Waals surface area (Å²) in [5.41, 5.74) is 1.70. The van der Waals surface area contributed by atoms with E-state index >= 15 is 0 Å². The molecule has 106 valence electrons. The molecule has 0 aliphatic carbocycles. The van der Waals surface area contributed by atoms with Crippen molar-refractivity contribution in [1.29, 1.82) is 5.26 Å². The normalized spacial score (nSPS) is 33.7. The van der Waals surface area contributed by atoms with Crippen LogP contribution >= 0.6 is 0 Å². The Morgan fingerprint density at radius 3 is 2.55 bits per heavy atom. The van der Waals surface area contributed by atoms with Gasteiger partial charge in [-0.2, -0.15) is 5.26 Å². The Bertz CT molecular complexity index is 547. The van der Waals surface area contributed by atoms with Crippen LogP contribution in [0.1, 0.15) is 48.8 Å². The lowest BCUT2D eigenvalue weighted by Crippen LogP contribution is -2.55. The van der Waals surface area contributed by atoms with Crippen LogP contribution in [-0.4, -0.2) is 29.1 Å². The number of fused-ring (bicyclic) bond motifs is 2. The molecule has 2 fully saturated rings. The molecule has 0 radical (unpaired) electrons. The van der Waals surface area contributed by atoms with Gasteiger partial charge in [0, 0.05) is 17.6 Å². The summed E-state index contributed by atoms with van der Waals surface area (Å²) in [5.74, 6) is 0. The summed E-state index contributed by atoms with van der Waals surface area (Å²) in [5, 5.41) is 20.6. The summed E-state index contributed by atoms with van der Waals surface area (Å²) < 4.78 is 0. The maximum Gasteiger partial charge on any atom is 0.0995 e. The monoisotopic (exact) mass is 270 g/mol.